The number of halogens is 1. The topological polar surface area (TPSA) is 79.8 Å². The number of amides is 1. The first kappa shape index (κ1) is 17.2. The lowest BCUT2D eigenvalue weighted by Crippen LogP contribution is -2.16. The highest BCUT2D eigenvalue weighted by Gasteiger charge is 2.13. The highest BCUT2D eigenvalue weighted by atomic mass is 79.9. The highest BCUT2D eigenvalue weighted by Crippen LogP contribution is 2.21. The molecule has 0 aliphatic rings. The van der Waals surface area contributed by atoms with Gasteiger partial charge in [-0.2, -0.15) is 0 Å². The van der Waals surface area contributed by atoms with Crippen molar-refractivity contribution in [3.05, 3.63) is 68.8 Å². The van der Waals surface area contributed by atoms with Crippen LogP contribution in [0.4, 0.5) is 5.69 Å². The Morgan fingerprint density at radius 2 is 2.12 bits per heavy atom. The lowest BCUT2D eigenvalue weighted by atomic mass is 10.2. The maximum atomic E-state index is 12.5. The molecule has 0 saturated heterocycles. The third-order valence-corrected chi connectivity index (χ3v) is 4.13. The van der Waals surface area contributed by atoms with Crippen LogP contribution in [-0.4, -0.2) is 20.4 Å². The fourth-order valence-electron chi connectivity index (χ4n) is 2.58. The zero-order valence-electron chi connectivity index (χ0n) is 13.8. The van der Waals surface area contributed by atoms with Gasteiger partial charge in [-0.3, -0.25) is 9.59 Å². The van der Waals surface area contributed by atoms with Gasteiger partial charge in [-0.15, -0.1) is 0 Å². The molecule has 2 heterocycles. The molecule has 128 valence electrons. The molecule has 7 heteroatoms. The number of nitrogens with one attached hydrogen (secondary N) is 2. The molecular weight excluding hydrogens is 384 g/mol. The highest BCUT2D eigenvalue weighted by molar-refractivity contribution is 9.10. The average molecular weight is 401 g/mol. The molecule has 0 saturated carbocycles. The van der Waals surface area contributed by atoms with Crippen LogP contribution in [0.2, 0.25) is 0 Å². The van der Waals surface area contributed by atoms with Crippen molar-refractivity contribution in [3.63, 3.8) is 0 Å². The van der Waals surface area contributed by atoms with E-state index in [1.807, 2.05) is 29.8 Å². The van der Waals surface area contributed by atoms with Crippen molar-refractivity contribution < 1.29 is 4.79 Å². The van der Waals surface area contributed by atoms with Crippen LogP contribution < -0.4 is 10.9 Å². The molecular formula is C18H17BrN4O2. The molecule has 2 N–H and O–H groups in total. The maximum absolute atomic E-state index is 12.5. The van der Waals surface area contributed by atoms with Gasteiger partial charge in [0.2, 0.25) is 0 Å². The van der Waals surface area contributed by atoms with Gasteiger partial charge in [-0.1, -0.05) is 12.1 Å². The lowest BCUT2D eigenvalue weighted by molar-refractivity contribution is 0.101. The number of anilines is 1. The van der Waals surface area contributed by atoms with E-state index in [9.17, 15) is 9.59 Å². The second-order valence-electron chi connectivity index (χ2n) is 5.60. The Hall–Kier alpha value is -2.67. The van der Waals surface area contributed by atoms with Crippen LogP contribution in [-0.2, 0) is 6.54 Å². The quantitative estimate of drug-likeness (QED) is 0.702. The standard InChI is InChI=1S/C18H17BrN4O2/c1-3-23-10-13(19)9-15(23)18(25)21-14-6-4-5-12(8-14)17-20-11(2)7-16(24)22-17/h4-10H,3H2,1-2H3,(H,21,25)(H,20,22,24). The van der Waals surface area contributed by atoms with E-state index in [4.69, 9.17) is 0 Å². The Labute approximate surface area is 153 Å². The van der Waals surface area contributed by atoms with Crippen molar-refractivity contribution >= 4 is 27.5 Å². The van der Waals surface area contributed by atoms with Crippen LogP contribution in [0.25, 0.3) is 11.4 Å². The Morgan fingerprint density at radius 1 is 1.32 bits per heavy atom. The summed E-state index contributed by atoms with van der Waals surface area (Å²) < 4.78 is 2.72. The van der Waals surface area contributed by atoms with Crippen LogP contribution in [0.5, 0.6) is 0 Å². The largest absolute Gasteiger partial charge is 0.343 e. The van der Waals surface area contributed by atoms with E-state index in [1.54, 1.807) is 25.1 Å². The van der Waals surface area contributed by atoms with Crippen LogP contribution in [0, 0.1) is 6.92 Å². The molecule has 2 aromatic heterocycles. The third kappa shape index (κ3) is 3.88. The number of hydrogen-bond acceptors (Lipinski definition) is 3. The van der Waals surface area contributed by atoms with Gasteiger partial charge < -0.3 is 14.9 Å². The van der Waals surface area contributed by atoms with E-state index in [1.165, 1.54) is 6.07 Å². The van der Waals surface area contributed by atoms with Crippen molar-refractivity contribution in [2.45, 2.75) is 20.4 Å². The summed E-state index contributed by atoms with van der Waals surface area (Å²) in [4.78, 5) is 31.2. The molecule has 0 unspecified atom stereocenters. The van der Waals surface area contributed by atoms with E-state index < -0.39 is 0 Å². The minimum atomic E-state index is -0.206. The molecule has 0 aliphatic heterocycles. The van der Waals surface area contributed by atoms with Crippen molar-refractivity contribution in [1.29, 1.82) is 0 Å². The summed E-state index contributed by atoms with van der Waals surface area (Å²) in [6.07, 6.45) is 1.87. The lowest BCUT2D eigenvalue weighted by Gasteiger charge is -2.09. The first-order valence-corrected chi connectivity index (χ1v) is 8.61. The van der Waals surface area contributed by atoms with E-state index in [0.29, 0.717) is 29.4 Å². The predicted octanol–water partition coefficient (Wildman–Crippen LogP) is 3.58. The van der Waals surface area contributed by atoms with Crippen molar-refractivity contribution in [1.82, 2.24) is 14.5 Å². The molecule has 0 spiro atoms. The number of aryl methyl sites for hydroxylation is 2. The normalized spacial score (nSPS) is 10.7. The summed E-state index contributed by atoms with van der Waals surface area (Å²) in [6.45, 7) is 4.44. The van der Waals surface area contributed by atoms with Crippen LogP contribution >= 0.6 is 15.9 Å². The van der Waals surface area contributed by atoms with Crippen molar-refractivity contribution in [2.75, 3.05) is 5.32 Å². The van der Waals surface area contributed by atoms with Gasteiger partial charge in [0.1, 0.15) is 11.5 Å². The first-order chi connectivity index (χ1) is 12.0. The summed E-state index contributed by atoms with van der Waals surface area (Å²) in [6, 6.07) is 10.4. The van der Waals surface area contributed by atoms with Gasteiger partial charge in [0.15, 0.2) is 0 Å². The van der Waals surface area contributed by atoms with E-state index in [0.717, 1.165) is 10.0 Å². The van der Waals surface area contributed by atoms with Gasteiger partial charge in [0, 0.05) is 40.2 Å². The Bertz CT molecular complexity index is 991. The van der Waals surface area contributed by atoms with Gasteiger partial charge in [0.25, 0.3) is 11.5 Å². The SMILES string of the molecule is CCn1cc(Br)cc1C(=O)Nc1cccc(-c2nc(C)cc(=O)[nH]2)c1. The van der Waals surface area contributed by atoms with Crippen molar-refractivity contribution in [2.24, 2.45) is 0 Å². The molecule has 0 bridgehead atoms. The summed E-state index contributed by atoms with van der Waals surface area (Å²) in [7, 11) is 0. The molecule has 3 rings (SSSR count). The number of rotatable bonds is 4. The van der Waals surface area contributed by atoms with Crippen molar-refractivity contribution in [3.8, 4) is 11.4 Å². The van der Waals surface area contributed by atoms with Gasteiger partial charge in [-0.25, -0.2) is 4.98 Å². The summed E-state index contributed by atoms with van der Waals surface area (Å²) >= 11 is 3.39. The summed E-state index contributed by atoms with van der Waals surface area (Å²) in [5.41, 5.74) is 2.36. The molecule has 6 nitrogen and oxygen atoms in total. The number of carbonyl (C=O) groups excluding carboxylic acids is 1. The van der Waals surface area contributed by atoms with E-state index >= 15 is 0 Å². The minimum Gasteiger partial charge on any atom is -0.343 e. The Balaban J connectivity index is 1.89. The number of H-pyrrole nitrogens is 1. The molecule has 1 aromatic carbocycles. The third-order valence-electron chi connectivity index (χ3n) is 3.70. The molecule has 0 radical (unpaired) electrons. The molecule has 1 amide bonds. The van der Waals surface area contributed by atoms with Crippen LogP contribution in [0.1, 0.15) is 23.1 Å². The fraction of sp³-hybridized carbons (Fsp3) is 0.167. The van der Waals surface area contributed by atoms with Gasteiger partial charge >= 0.3 is 0 Å². The zero-order valence-corrected chi connectivity index (χ0v) is 15.4. The number of aromatic amines is 1. The molecule has 0 fully saturated rings. The Kier molecular flexibility index (Phi) is 4.85. The number of carbonyl (C=O) groups is 1. The first-order valence-electron chi connectivity index (χ1n) is 7.81. The smallest absolute Gasteiger partial charge is 0.272 e. The number of nitrogens with zero attached hydrogens (tertiary/aromatic N) is 2. The minimum absolute atomic E-state index is 0.199. The van der Waals surface area contributed by atoms with E-state index in [-0.39, 0.29) is 11.5 Å². The average Bonchev–Trinajstić information content (AvgIpc) is 2.95. The zero-order chi connectivity index (χ0) is 18.0. The number of hydrogen-bond donors (Lipinski definition) is 2. The van der Waals surface area contributed by atoms with Gasteiger partial charge in [0.05, 0.1) is 0 Å². The molecule has 0 aliphatic carbocycles. The predicted molar refractivity (Wildman–Crippen MR) is 101 cm³/mol. The van der Waals surface area contributed by atoms with Crippen LogP contribution in [0.3, 0.4) is 0 Å². The second kappa shape index (κ2) is 7.06. The number of benzene rings is 1. The molecule has 0 atom stereocenters. The number of aromatic nitrogens is 3. The van der Waals surface area contributed by atoms with Crippen LogP contribution in [0.15, 0.2) is 51.9 Å². The molecule has 25 heavy (non-hydrogen) atoms. The summed E-state index contributed by atoms with van der Waals surface area (Å²) in [5, 5.41) is 2.89. The Morgan fingerprint density at radius 3 is 2.84 bits per heavy atom. The summed E-state index contributed by atoms with van der Waals surface area (Å²) in [5.74, 6) is 0.274. The monoisotopic (exact) mass is 400 g/mol. The maximum Gasteiger partial charge on any atom is 0.272 e. The molecule has 3 aromatic rings. The van der Waals surface area contributed by atoms with Gasteiger partial charge in [-0.05, 0) is 48.0 Å². The second-order valence-corrected chi connectivity index (χ2v) is 6.52. The van der Waals surface area contributed by atoms with E-state index in [2.05, 4.69) is 31.2 Å². The fourth-order valence-corrected chi connectivity index (χ4v) is 3.05.